The van der Waals surface area contributed by atoms with Crippen molar-refractivity contribution in [1.29, 1.82) is 0 Å². The molecule has 0 bridgehead atoms. The van der Waals surface area contributed by atoms with Crippen LogP contribution in [-0.4, -0.2) is 26.4 Å². The van der Waals surface area contributed by atoms with Gasteiger partial charge in [0.1, 0.15) is 0 Å². The number of rotatable bonds is 3. The van der Waals surface area contributed by atoms with Gasteiger partial charge in [-0.15, -0.1) is 0 Å². The Morgan fingerprint density at radius 2 is 1.89 bits per heavy atom. The summed E-state index contributed by atoms with van der Waals surface area (Å²) in [6.07, 6.45) is 6.72. The van der Waals surface area contributed by atoms with Gasteiger partial charge < -0.3 is 5.73 Å². The van der Waals surface area contributed by atoms with E-state index in [1.807, 2.05) is 0 Å². The van der Waals surface area contributed by atoms with Crippen LogP contribution in [0.25, 0.3) is 0 Å². The summed E-state index contributed by atoms with van der Waals surface area (Å²) in [6.45, 7) is 0. The Morgan fingerprint density at radius 1 is 1.22 bits per heavy atom. The molecular weight excluding hydrogens is 248 g/mol. The van der Waals surface area contributed by atoms with Crippen LogP contribution in [0.2, 0.25) is 0 Å². The number of benzene rings is 1. The van der Waals surface area contributed by atoms with E-state index in [0.29, 0.717) is 0 Å². The zero-order valence-corrected chi connectivity index (χ0v) is 10.9. The fourth-order valence-electron chi connectivity index (χ4n) is 2.08. The van der Waals surface area contributed by atoms with Crippen LogP contribution in [0.4, 0.5) is 0 Å². The van der Waals surface area contributed by atoms with Crippen molar-refractivity contribution in [2.45, 2.75) is 15.8 Å². The van der Waals surface area contributed by atoms with E-state index in [2.05, 4.69) is 5.32 Å². The van der Waals surface area contributed by atoms with Gasteiger partial charge in [0, 0.05) is 0 Å². The van der Waals surface area contributed by atoms with Crippen molar-refractivity contribution in [3.05, 3.63) is 54.6 Å². The summed E-state index contributed by atoms with van der Waals surface area (Å²) >= 11 is 0. The van der Waals surface area contributed by atoms with Gasteiger partial charge in [-0.3, -0.25) is 5.32 Å². The molecule has 0 amide bonds. The first kappa shape index (κ1) is 13.0. The molecule has 0 radical (unpaired) electrons. The Bertz CT molecular complexity index is 578. The first-order valence-electron chi connectivity index (χ1n) is 5.65. The Kier molecular flexibility index (Phi) is 3.38. The first-order valence-corrected chi connectivity index (χ1v) is 7.13. The molecule has 0 saturated carbocycles. The van der Waals surface area contributed by atoms with Gasteiger partial charge in [-0.25, -0.2) is 8.42 Å². The maximum atomic E-state index is 12.7. The summed E-state index contributed by atoms with van der Waals surface area (Å²) in [5.74, 6) is 0. The second-order valence-electron chi connectivity index (χ2n) is 4.13. The fraction of sp³-hybridized carbons (Fsp3) is 0.231. The minimum Gasteiger partial charge on any atom is -0.322 e. The van der Waals surface area contributed by atoms with Crippen LogP contribution in [0, 0.1) is 0 Å². The monoisotopic (exact) mass is 264 g/mol. The maximum Gasteiger partial charge on any atom is 0.202 e. The second-order valence-corrected chi connectivity index (χ2v) is 6.28. The molecule has 2 unspecified atom stereocenters. The van der Waals surface area contributed by atoms with Crippen LogP contribution >= 0.6 is 0 Å². The van der Waals surface area contributed by atoms with Crippen molar-refractivity contribution in [2.24, 2.45) is 5.73 Å². The third-order valence-corrected chi connectivity index (χ3v) is 5.55. The molecule has 1 aliphatic rings. The Labute approximate surface area is 107 Å². The maximum absolute atomic E-state index is 12.7. The Morgan fingerprint density at radius 3 is 2.44 bits per heavy atom. The highest BCUT2D eigenvalue weighted by Crippen LogP contribution is 2.29. The lowest BCUT2D eigenvalue weighted by molar-refractivity contribution is 0.482. The number of sulfone groups is 1. The van der Waals surface area contributed by atoms with Gasteiger partial charge in [-0.05, 0) is 25.3 Å². The van der Waals surface area contributed by atoms with Gasteiger partial charge in [0.2, 0.25) is 9.84 Å². The average molecular weight is 264 g/mol. The number of hydrogen-bond acceptors (Lipinski definition) is 4. The zero-order chi connectivity index (χ0) is 13.2. The van der Waals surface area contributed by atoms with Crippen molar-refractivity contribution in [2.75, 3.05) is 7.05 Å². The first-order chi connectivity index (χ1) is 8.54. The Balaban J connectivity index is 2.58. The van der Waals surface area contributed by atoms with Crippen molar-refractivity contribution >= 4 is 9.84 Å². The average Bonchev–Trinajstić information content (AvgIpc) is 2.40. The van der Waals surface area contributed by atoms with E-state index in [4.69, 9.17) is 5.73 Å². The number of nitrogens with one attached hydrogen (secondary N) is 1. The van der Waals surface area contributed by atoms with Crippen LogP contribution in [0.3, 0.4) is 0 Å². The SMILES string of the molecule is CNC1(S(=O)(=O)c2ccccc2)C=CC=CC1N. The molecule has 3 N–H and O–H groups in total. The van der Waals surface area contributed by atoms with Gasteiger partial charge in [0.25, 0.3) is 0 Å². The minimum absolute atomic E-state index is 0.259. The summed E-state index contributed by atoms with van der Waals surface area (Å²) in [4.78, 5) is -1.03. The zero-order valence-electron chi connectivity index (χ0n) is 10.1. The van der Waals surface area contributed by atoms with Gasteiger partial charge >= 0.3 is 0 Å². The molecule has 0 spiro atoms. The topological polar surface area (TPSA) is 72.2 Å². The molecule has 2 atom stereocenters. The quantitative estimate of drug-likeness (QED) is 0.848. The number of hydrogen-bond donors (Lipinski definition) is 2. The van der Waals surface area contributed by atoms with Gasteiger partial charge in [-0.1, -0.05) is 36.4 Å². The molecule has 18 heavy (non-hydrogen) atoms. The second kappa shape index (κ2) is 4.68. The van der Waals surface area contributed by atoms with E-state index >= 15 is 0 Å². The molecule has 1 aromatic rings. The normalized spacial score (nSPS) is 27.3. The standard InChI is InChI=1S/C13H16N2O2S/c1-15-13(10-6-5-9-12(13)14)18(16,17)11-7-3-2-4-8-11/h2-10,12,15H,14H2,1H3. The van der Waals surface area contributed by atoms with E-state index in [0.717, 1.165) is 0 Å². The molecule has 0 saturated heterocycles. The van der Waals surface area contributed by atoms with E-state index in [-0.39, 0.29) is 4.90 Å². The summed E-state index contributed by atoms with van der Waals surface area (Å²) in [6, 6.07) is 7.70. The molecule has 5 heteroatoms. The summed E-state index contributed by atoms with van der Waals surface area (Å²) in [5, 5.41) is 2.85. The van der Waals surface area contributed by atoms with E-state index < -0.39 is 20.8 Å². The summed E-state index contributed by atoms with van der Waals surface area (Å²) < 4.78 is 25.4. The van der Waals surface area contributed by atoms with Gasteiger partial charge in [-0.2, -0.15) is 0 Å². The van der Waals surface area contributed by atoms with Crippen molar-refractivity contribution < 1.29 is 8.42 Å². The highest BCUT2D eigenvalue weighted by atomic mass is 32.2. The molecule has 1 aromatic carbocycles. The largest absolute Gasteiger partial charge is 0.322 e. The van der Waals surface area contributed by atoms with Gasteiger partial charge in [0.05, 0.1) is 10.9 Å². The van der Waals surface area contributed by atoms with Gasteiger partial charge in [0.15, 0.2) is 4.87 Å². The van der Waals surface area contributed by atoms with Crippen LogP contribution in [0.5, 0.6) is 0 Å². The number of allylic oxidation sites excluding steroid dienone is 2. The molecule has 96 valence electrons. The van der Waals surface area contributed by atoms with Crippen molar-refractivity contribution in [1.82, 2.24) is 5.32 Å². The predicted molar refractivity (Wildman–Crippen MR) is 71.7 cm³/mol. The smallest absolute Gasteiger partial charge is 0.202 e. The molecule has 0 heterocycles. The third-order valence-electron chi connectivity index (χ3n) is 3.16. The molecular formula is C13H16N2O2S. The Hall–Kier alpha value is -1.43. The number of likely N-dealkylation sites (N-methyl/N-ethyl adjacent to an activating group) is 1. The molecule has 0 fully saturated rings. The van der Waals surface area contributed by atoms with Crippen molar-refractivity contribution in [3.63, 3.8) is 0 Å². The molecule has 1 aliphatic carbocycles. The van der Waals surface area contributed by atoms with Crippen LogP contribution in [0.1, 0.15) is 0 Å². The highest BCUT2D eigenvalue weighted by molar-refractivity contribution is 7.93. The van der Waals surface area contributed by atoms with E-state index in [9.17, 15) is 8.42 Å². The van der Waals surface area contributed by atoms with Crippen LogP contribution < -0.4 is 11.1 Å². The number of nitrogens with two attached hydrogens (primary N) is 1. The summed E-state index contributed by atoms with van der Waals surface area (Å²) in [7, 11) is -2.00. The lowest BCUT2D eigenvalue weighted by Crippen LogP contribution is -2.60. The molecule has 0 aromatic heterocycles. The minimum atomic E-state index is -3.60. The van der Waals surface area contributed by atoms with Crippen LogP contribution in [0.15, 0.2) is 59.5 Å². The third kappa shape index (κ3) is 1.80. The lowest BCUT2D eigenvalue weighted by Gasteiger charge is -2.35. The van der Waals surface area contributed by atoms with Crippen molar-refractivity contribution in [3.8, 4) is 0 Å². The van der Waals surface area contributed by atoms with E-state index in [1.54, 1.807) is 61.7 Å². The van der Waals surface area contributed by atoms with E-state index in [1.165, 1.54) is 0 Å². The molecule has 4 nitrogen and oxygen atoms in total. The summed E-state index contributed by atoms with van der Waals surface area (Å²) in [5.41, 5.74) is 5.97. The van der Waals surface area contributed by atoms with Crippen LogP contribution in [-0.2, 0) is 9.84 Å². The fourth-order valence-corrected chi connectivity index (χ4v) is 3.95. The lowest BCUT2D eigenvalue weighted by atomic mass is 10.0. The molecule has 0 aliphatic heterocycles. The molecule has 2 rings (SSSR count). The highest BCUT2D eigenvalue weighted by Gasteiger charge is 2.46. The predicted octanol–water partition coefficient (Wildman–Crippen LogP) is 0.829.